The third-order valence-corrected chi connectivity index (χ3v) is 7.03. The molecule has 7 nitrogen and oxygen atoms in total. The van der Waals surface area contributed by atoms with E-state index in [9.17, 15) is 9.59 Å². The first-order valence-corrected chi connectivity index (χ1v) is 12.8. The second-order valence-corrected chi connectivity index (χ2v) is 11.0. The Morgan fingerprint density at radius 3 is 2.00 bits per heavy atom. The summed E-state index contributed by atoms with van der Waals surface area (Å²) in [5, 5.41) is 13.9. The fourth-order valence-electron chi connectivity index (χ4n) is 5.33. The van der Waals surface area contributed by atoms with Crippen LogP contribution in [-0.2, 0) is 9.53 Å². The number of ether oxygens (including phenoxy) is 1. The summed E-state index contributed by atoms with van der Waals surface area (Å²) in [5.41, 5.74) is -0.631. The van der Waals surface area contributed by atoms with Gasteiger partial charge in [0, 0.05) is 0 Å². The number of hydrogen-bond donors (Lipinski definition) is 2. The Balaban J connectivity index is 1.87. The molecular formula is C24H37BrN4O3. The first kappa shape index (κ1) is 24.9. The minimum absolute atomic E-state index is 0.0894. The molecule has 0 bridgehead atoms. The summed E-state index contributed by atoms with van der Waals surface area (Å²) in [5.74, 6) is 1.07. The molecule has 2 fully saturated rings. The number of hydrogen-bond acceptors (Lipinski definition) is 5. The summed E-state index contributed by atoms with van der Waals surface area (Å²) >= 11 is 3.27. The van der Waals surface area contributed by atoms with E-state index in [1.807, 2.05) is 20.8 Å². The van der Waals surface area contributed by atoms with Crippen molar-refractivity contribution in [2.45, 2.75) is 96.6 Å². The molecule has 0 spiro atoms. The van der Waals surface area contributed by atoms with Crippen molar-refractivity contribution in [2.24, 2.45) is 17.8 Å². The van der Waals surface area contributed by atoms with E-state index in [2.05, 4.69) is 36.8 Å². The molecule has 178 valence electrons. The number of halogens is 1. The second-order valence-electron chi connectivity index (χ2n) is 10.2. The van der Waals surface area contributed by atoms with Crippen LogP contribution < -0.4 is 10.6 Å². The normalized spacial score (nSPS) is 19.4. The molecule has 8 heteroatoms. The van der Waals surface area contributed by atoms with Gasteiger partial charge in [-0.15, -0.1) is 10.2 Å². The molecule has 2 amide bonds. The van der Waals surface area contributed by atoms with E-state index in [4.69, 9.17) is 4.74 Å². The lowest BCUT2D eigenvalue weighted by atomic mass is 9.66. The van der Waals surface area contributed by atoms with Crippen LogP contribution in [0.1, 0.15) is 85.0 Å². The largest absolute Gasteiger partial charge is 0.444 e. The second kappa shape index (κ2) is 11.4. The summed E-state index contributed by atoms with van der Waals surface area (Å²) in [7, 11) is 0. The van der Waals surface area contributed by atoms with Crippen LogP contribution >= 0.6 is 15.9 Å². The fourth-order valence-corrected chi connectivity index (χ4v) is 5.54. The van der Waals surface area contributed by atoms with Gasteiger partial charge >= 0.3 is 6.09 Å². The standard InChI is InChI=1S/C24H37BrN4O3/c1-24(2,3)32-23(31)27-21(22(30)26-19-15-14-18(25)28-29-19)20(16-10-6-4-7-11-16)17-12-8-5-9-13-17/h14-17,20-21H,4-13H2,1-3H3,(H,27,31)(H,26,29,30)/t21-/m0/s1. The van der Waals surface area contributed by atoms with Crippen molar-refractivity contribution in [3.8, 4) is 0 Å². The van der Waals surface area contributed by atoms with Crippen LogP contribution in [0.25, 0.3) is 0 Å². The van der Waals surface area contributed by atoms with Crippen LogP contribution in [0.15, 0.2) is 16.7 Å². The number of rotatable bonds is 6. The number of nitrogens with one attached hydrogen (secondary N) is 2. The predicted molar refractivity (Wildman–Crippen MR) is 128 cm³/mol. The lowest BCUT2D eigenvalue weighted by Crippen LogP contribution is -2.54. The summed E-state index contributed by atoms with van der Waals surface area (Å²) in [6.45, 7) is 5.50. The smallest absolute Gasteiger partial charge is 0.408 e. The number of carbonyl (C=O) groups excluding carboxylic acids is 2. The third kappa shape index (κ3) is 7.42. The Kier molecular flexibility index (Phi) is 8.91. The average Bonchev–Trinajstić information content (AvgIpc) is 2.75. The van der Waals surface area contributed by atoms with Gasteiger partial charge in [0.1, 0.15) is 16.2 Å². The van der Waals surface area contributed by atoms with Gasteiger partial charge in [-0.05, 0) is 66.6 Å². The van der Waals surface area contributed by atoms with Crippen molar-refractivity contribution >= 4 is 33.7 Å². The Hall–Kier alpha value is -1.70. The van der Waals surface area contributed by atoms with Crippen LogP contribution in [0.2, 0.25) is 0 Å². The van der Waals surface area contributed by atoms with E-state index < -0.39 is 17.7 Å². The topological polar surface area (TPSA) is 93.2 Å². The molecule has 1 aromatic rings. The van der Waals surface area contributed by atoms with Crippen LogP contribution in [0.3, 0.4) is 0 Å². The van der Waals surface area contributed by atoms with Crippen LogP contribution in [-0.4, -0.2) is 33.8 Å². The monoisotopic (exact) mass is 508 g/mol. The van der Waals surface area contributed by atoms with Crippen LogP contribution in [0.5, 0.6) is 0 Å². The molecule has 0 aliphatic heterocycles. The van der Waals surface area contributed by atoms with Crippen molar-refractivity contribution in [2.75, 3.05) is 5.32 Å². The maximum Gasteiger partial charge on any atom is 0.408 e. The van der Waals surface area contributed by atoms with Gasteiger partial charge in [-0.1, -0.05) is 64.2 Å². The van der Waals surface area contributed by atoms with Crippen LogP contribution in [0.4, 0.5) is 10.6 Å². The highest BCUT2D eigenvalue weighted by Gasteiger charge is 2.41. The molecule has 2 aliphatic rings. The van der Waals surface area contributed by atoms with Crippen molar-refractivity contribution in [1.29, 1.82) is 0 Å². The van der Waals surface area contributed by atoms with Gasteiger partial charge in [0.15, 0.2) is 5.82 Å². The molecule has 3 rings (SSSR count). The van der Waals surface area contributed by atoms with E-state index in [-0.39, 0.29) is 11.8 Å². The van der Waals surface area contributed by atoms with Crippen molar-refractivity contribution < 1.29 is 14.3 Å². The average molecular weight is 509 g/mol. The van der Waals surface area contributed by atoms with E-state index in [0.29, 0.717) is 22.3 Å². The zero-order valence-electron chi connectivity index (χ0n) is 19.5. The molecular weight excluding hydrogens is 472 g/mol. The third-order valence-electron chi connectivity index (χ3n) is 6.61. The molecule has 32 heavy (non-hydrogen) atoms. The number of anilines is 1. The van der Waals surface area contributed by atoms with E-state index in [1.54, 1.807) is 12.1 Å². The van der Waals surface area contributed by atoms with Gasteiger partial charge in [0.25, 0.3) is 0 Å². The SMILES string of the molecule is CC(C)(C)OC(=O)N[C@H](C(=O)Nc1ccc(Br)nn1)C(C1CCCCC1)C1CCCCC1. The zero-order chi connectivity index (χ0) is 23.1. The first-order valence-electron chi connectivity index (χ1n) is 12.0. The van der Waals surface area contributed by atoms with Crippen LogP contribution in [0, 0.1) is 17.8 Å². The van der Waals surface area contributed by atoms with Gasteiger partial charge < -0.3 is 15.4 Å². The van der Waals surface area contributed by atoms with Gasteiger partial charge in [0.05, 0.1) is 0 Å². The highest BCUT2D eigenvalue weighted by Crippen LogP contribution is 2.42. The number of carbonyl (C=O) groups is 2. The Morgan fingerprint density at radius 2 is 1.53 bits per heavy atom. The van der Waals surface area contributed by atoms with E-state index in [1.165, 1.54) is 38.5 Å². The number of nitrogens with zero attached hydrogens (tertiary/aromatic N) is 2. The van der Waals surface area contributed by atoms with Gasteiger partial charge in [-0.25, -0.2) is 4.79 Å². The van der Waals surface area contributed by atoms with Crippen molar-refractivity contribution in [3.63, 3.8) is 0 Å². The molecule has 0 radical (unpaired) electrons. The first-order chi connectivity index (χ1) is 15.2. The highest BCUT2D eigenvalue weighted by molar-refractivity contribution is 9.10. The molecule has 0 saturated heterocycles. The van der Waals surface area contributed by atoms with Gasteiger partial charge in [-0.3, -0.25) is 4.79 Å². The summed E-state index contributed by atoms with van der Waals surface area (Å²) < 4.78 is 6.14. The minimum Gasteiger partial charge on any atom is -0.444 e. The van der Waals surface area contributed by atoms with Crippen molar-refractivity contribution in [1.82, 2.24) is 15.5 Å². The lowest BCUT2D eigenvalue weighted by molar-refractivity contribution is -0.121. The molecule has 2 N–H and O–H groups in total. The van der Waals surface area contributed by atoms with E-state index >= 15 is 0 Å². The molecule has 1 atom stereocenters. The summed E-state index contributed by atoms with van der Waals surface area (Å²) in [6.07, 6.45) is 11.1. The summed E-state index contributed by atoms with van der Waals surface area (Å²) in [6, 6.07) is 2.77. The lowest BCUT2D eigenvalue weighted by Gasteiger charge is -2.41. The number of amides is 2. The quantitative estimate of drug-likeness (QED) is 0.502. The van der Waals surface area contributed by atoms with Gasteiger partial charge in [0.2, 0.25) is 5.91 Å². The molecule has 1 aromatic heterocycles. The molecule has 0 aromatic carbocycles. The van der Waals surface area contributed by atoms with Gasteiger partial charge in [-0.2, -0.15) is 0 Å². The Bertz CT molecular complexity index is 736. The molecule has 1 heterocycles. The zero-order valence-corrected chi connectivity index (χ0v) is 21.1. The minimum atomic E-state index is -0.665. The molecule has 2 aliphatic carbocycles. The number of alkyl carbamates (subject to hydrolysis) is 1. The van der Waals surface area contributed by atoms with Crippen molar-refractivity contribution in [3.05, 3.63) is 16.7 Å². The Labute approximate surface area is 200 Å². The summed E-state index contributed by atoms with van der Waals surface area (Å²) in [4.78, 5) is 26.4. The molecule has 0 unspecified atom stereocenters. The maximum atomic E-state index is 13.6. The fraction of sp³-hybridized carbons (Fsp3) is 0.750. The van der Waals surface area contributed by atoms with E-state index in [0.717, 1.165) is 25.7 Å². The number of aromatic nitrogens is 2. The predicted octanol–water partition coefficient (Wildman–Crippen LogP) is 5.85. The molecule has 2 saturated carbocycles. The maximum absolute atomic E-state index is 13.6. The highest BCUT2D eigenvalue weighted by atomic mass is 79.9. The Morgan fingerprint density at radius 1 is 0.969 bits per heavy atom.